The second kappa shape index (κ2) is 8.11. The first kappa shape index (κ1) is 19.2. The van der Waals surface area contributed by atoms with Gasteiger partial charge in [-0.15, -0.1) is 12.4 Å². The zero-order chi connectivity index (χ0) is 16.2. The van der Waals surface area contributed by atoms with E-state index in [0.717, 1.165) is 0 Å². The fraction of sp³-hybridized carbons (Fsp3) is 0.0769. The lowest BCUT2D eigenvalue weighted by atomic mass is 10.2. The van der Waals surface area contributed by atoms with Crippen molar-refractivity contribution in [1.29, 1.82) is 0 Å². The second-order valence-electron chi connectivity index (χ2n) is 4.32. The van der Waals surface area contributed by atoms with Crippen LogP contribution in [0.25, 0.3) is 0 Å². The van der Waals surface area contributed by atoms with Gasteiger partial charge in [-0.2, -0.15) is 0 Å². The molecule has 7 nitrogen and oxygen atoms in total. The number of hydrogen-bond donors (Lipinski definition) is 3. The van der Waals surface area contributed by atoms with Crippen molar-refractivity contribution in [1.82, 2.24) is 10.5 Å². The molecule has 0 aliphatic carbocycles. The highest BCUT2D eigenvalue weighted by molar-refractivity contribution is 7.91. The van der Waals surface area contributed by atoms with Gasteiger partial charge in [-0.25, -0.2) is 13.9 Å². The van der Waals surface area contributed by atoms with Crippen molar-refractivity contribution in [3.63, 3.8) is 0 Å². The van der Waals surface area contributed by atoms with Crippen LogP contribution in [0.3, 0.4) is 0 Å². The van der Waals surface area contributed by atoms with E-state index >= 15 is 0 Å². The monoisotopic (exact) mass is 377 g/mol. The van der Waals surface area contributed by atoms with E-state index in [-0.39, 0.29) is 29.5 Å². The van der Waals surface area contributed by atoms with Gasteiger partial charge in [-0.05, 0) is 23.8 Å². The number of benzene rings is 1. The highest BCUT2D eigenvalue weighted by Crippen LogP contribution is 2.19. The molecule has 1 aromatic heterocycles. The summed E-state index contributed by atoms with van der Waals surface area (Å²) in [5.41, 5.74) is 1.91. The van der Waals surface area contributed by atoms with Crippen molar-refractivity contribution in [3.05, 3.63) is 58.9 Å². The molecule has 2 aromatic rings. The van der Waals surface area contributed by atoms with Gasteiger partial charge in [0.25, 0.3) is 5.91 Å². The minimum atomic E-state index is -3.72. The van der Waals surface area contributed by atoms with Crippen LogP contribution in [0.5, 0.6) is 0 Å². The molecule has 1 amide bonds. The largest absolute Gasteiger partial charge is 0.293 e. The van der Waals surface area contributed by atoms with Crippen molar-refractivity contribution < 1.29 is 18.4 Å². The highest BCUT2D eigenvalue weighted by Gasteiger charge is 2.15. The van der Waals surface area contributed by atoms with Gasteiger partial charge in [-0.1, -0.05) is 29.8 Å². The van der Waals surface area contributed by atoms with Crippen molar-refractivity contribution in [2.75, 3.05) is 4.72 Å². The molecule has 0 saturated carbocycles. The third-order valence-electron chi connectivity index (χ3n) is 2.67. The zero-order valence-electron chi connectivity index (χ0n) is 11.6. The van der Waals surface area contributed by atoms with Gasteiger partial charge in [0.05, 0.1) is 11.4 Å². The Kier molecular flexibility index (Phi) is 6.77. The number of nitrogens with one attached hydrogen (secondary N) is 2. The van der Waals surface area contributed by atoms with Crippen LogP contribution in [0, 0.1) is 0 Å². The van der Waals surface area contributed by atoms with Gasteiger partial charge in [0.1, 0.15) is 5.69 Å². The average molecular weight is 378 g/mol. The summed E-state index contributed by atoms with van der Waals surface area (Å²) in [5.74, 6) is -1.15. The molecule has 0 fully saturated rings. The van der Waals surface area contributed by atoms with Gasteiger partial charge in [0.15, 0.2) is 0 Å². The van der Waals surface area contributed by atoms with Crippen LogP contribution in [0.15, 0.2) is 42.6 Å². The summed E-state index contributed by atoms with van der Waals surface area (Å²) >= 11 is 5.94. The van der Waals surface area contributed by atoms with E-state index in [4.69, 9.17) is 16.8 Å². The minimum absolute atomic E-state index is 0. The summed E-state index contributed by atoms with van der Waals surface area (Å²) in [6.45, 7) is 0. The molecule has 124 valence electrons. The molecule has 0 spiro atoms. The normalized spacial score (nSPS) is 10.5. The highest BCUT2D eigenvalue weighted by atomic mass is 35.5. The van der Waals surface area contributed by atoms with Gasteiger partial charge in [0.2, 0.25) is 10.0 Å². The first-order chi connectivity index (χ1) is 10.4. The standard InChI is InChI=1S/C13H12ClN3O4S.ClH/c14-11-4-2-1-3-9(11)8-22(20,21)17-10-5-6-15-12(7-10)13(18)16-19;/h1-7,19H,8H2,(H,15,17)(H,16,18);1H. The number of anilines is 1. The Morgan fingerprint density at radius 2 is 1.96 bits per heavy atom. The third kappa shape index (κ3) is 5.36. The van der Waals surface area contributed by atoms with Gasteiger partial charge in [-0.3, -0.25) is 19.7 Å². The number of hydrogen-bond acceptors (Lipinski definition) is 5. The number of aromatic nitrogens is 1. The Labute approximate surface area is 144 Å². The Morgan fingerprint density at radius 1 is 1.26 bits per heavy atom. The Morgan fingerprint density at radius 3 is 2.61 bits per heavy atom. The molecular formula is C13H13Cl2N3O4S. The fourth-order valence-electron chi connectivity index (χ4n) is 1.71. The molecular weight excluding hydrogens is 365 g/mol. The van der Waals surface area contributed by atoms with Crippen LogP contribution in [-0.4, -0.2) is 24.5 Å². The fourth-order valence-corrected chi connectivity index (χ4v) is 3.21. The molecule has 0 radical (unpaired) electrons. The number of sulfonamides is 1. The molecule has 3 N–H and O–H groups in total. The van der Waals surface area contributed by atoms with Crippen molar-refractivity contribution in [2.24, 2.45) is 0 Å². The lowest BCUT2D eigenvalue weighted by molar-refractivity contribution is 0.0701. The summed E-state index contributed by atoms with van der Waals surface area (Å²) in [5, 5.41) is 8.89. The van der Waals surface area contributed by atoms with Crippen LogP contribution in [0.1, 0.15) is 16.1 Å². The van der Waals surface area contributed by atoms with E-state index in [1.54, 1.807) is 24.3 Å². The predicted molar refractivity (Wildman–Crippen MR) is 88.4 cm³/mol. The predicted octanol–water partition coefficient (Wildman–Crippen LogP) is 2.22. The summed E-state index contributed by atoms with van der Waals surface area (Å²) < 4.78 is 26.6. The molecule has 0 aliphatic heterocycles. The first-order valence-corrected chi connectivity index (χ1v) is 8.09. The summed E-state index contributed by atoms with van der Waals surface area (Å²) in [7, 11) is -3.72. The number of carbonyl (C=O) groups is 1. The van der Waals surface area contributed by atoms with Crippen LogP contribution in [0.2, 0.25) is 5.02 Å². The second-order valence-corrected chi connectivity index (χ2v) is 6.45. The Balaban J connectivity index is 0.00000264. The average Bonchev–Trinajstić information content (AvgIpc) is 2.48. The van der Waals surface area contributed by atoms with E-state index in [1.165, 1.54) is 23.8 Å². The van der Waals surface area contributed by atoms with Crippen LogP contribution < -0.4 is 10.2 Å². The molecule has 1 heterocycles. The van der Waals surface area contributed by atoms with Gasteiger partial charge < -0.3 is 0 Å². The molecule has 0 atom stereocenters. The molecule has 1 aromatic carbocycles. The van der Waals surface area contributed by atoms with Gasteiger partial charge >= 0.3 is 0 Å². The number of rotatable bonds is 5. The van der Waals surface area contributed by atoms with Crippen LogP contribution in [-0.2, 0) is 15.8 Å². The molecule has 23 heavy (non-hydrogen) atoms. The van der Waals surface area contributed by atoms with Gasteiger partial charge in [0, 0.05) is 11.2 Å². The quantitative estimate of drug-likeness (QED) is 0.546. The van der Waals surface area contributed by atoms with Crippen LogP contribution in [0.4, 0.5) is 5.69 Å². The Hall–Kier alpha value is -1.87. The first-order valence-electron chi connectivity index (χ1n) is 6.05. The van der Waals surface area contributed by atoms with Crippen molar-refractivity contribution in [3.8, 4) is 0 Å². The zero-order valence-corrected chi connectivity index (χ0v) is 14.0. The molecule has 0 bridgehead atoms. The van der Waals surface area contributed by atoms with Crippen molar-refractivity contribution in [2.45, 2.75) is 5.75 Å². The van der Waals surface area contributed by atoms with Crippen molar-refractivity contribution >= 4 is 45.6 Å². The molecule has 0 saturated heterocycles. The topological polar surface area (TPSA) is 108 Å². The third-order valence-corrected chi connectivity index (χ3v) is 4.28. The number of amides is 1. The number of nitrogens with zero attached hydrogens (tertiary/aromatic N) is 1. The molecule has 10 heteroatoms. The van der Waals surface area contributed by atoms with E-state index in [2.05, 4.69) is 9.71 Å². The Bertz CT molecular complexity index is 799. The van der Waals surface area contributed by atoms with E-state index < -0.39 is 15.9 Å². The van der Waals surface area contributed by atoms with Crippen LogP contribution >= 0.6 is 24.0 Å². The number of carbonyl (C=O) groups excluding carboxylic acids is 1. The minimum Gasteiger partial charge on any atom is -0.288 e. The lowest BCUT2D eigenvalue weighted by Crippen LogP contribution is -2.21. The maximum atomic E-state index is 12.1. The number of halogens is 2. The summed E-state index contributed by atoms with van der Waals surface area (Å²) in [6, 6.07) is 9.19. The lowest BCUT2D eigenvalue weighted by Gasteiger charge is -2.09. The smallest absolute Gasteiger partial charge is 0.288 e. The van der Waals surface area contributed by atoms with E-state index in [0.29, 0.717) is 10.6 Å². The molecule has 0 aliphatic rings. The maximum absolute atomic E-state index is 12.1. The summed E-state index contributed by atoms with van der Waals surface area (Å²) in [4.78, 5) is 15.0. The number of pyridine rings is 1. The summed E-state index contributed by atoms with van der Waals surface area (Å²) in [6.07, 6.45) is 1.25. The van der Waals surface area contributed by atoms with E-state index in [9.17, 15) is 13.2 Å². The van der Waals surface area contributed by atoms with E-state index in [1.807, 2.05) is 0 Å². The number of hydroxylamine groups is 1. The molecule has 0 unspecified atom stereocenters. The molecule has 2 rings (SSSR count). The maximum Gasteiger partial charge on any atom is 0.293 e. The SMILES string of the molecule is Cl.O=C(NO)c1cc(NS(=O)(=O)Cc2ccccc2Cl)ccn1.